The summed E-state index contributed by atoms with van der Waals surface area (Å²) in [6.45, 7) is 7.25. The van der Waals surface area contributed by atoms with Crippen molar-refractivity contribution in [3.63, 3.8) is 0 Å². The number of likely N-dealkylation sites (N-methyl/N-ethyl adjacent to an activating group) is 1. The Kier molecular flexibility index (Phi) is 6.44. The zero-order valence-electron chi connectivity index (χ0n) is 20.5. The minimum absolute atomic E-state index is 0.150. The maximum absolute atomic E-state index is 12.7. The van der Waals surface area contributed by atoms with Gasteiger partial charge in [-0.3, -0.25) is 15.1 Å². The average Bonchev–Trinajstić information content (AvgIpc) is 3.52. The first-order valence-corrected chi connectivity index (χ1v) is 11.7. The van der Waals surface area contributed by atoms with Crippen LogP contribution in [0.5, 0.6) is 0 Å². The Bertz CT molecular complexity index is 1670. The van der Waals surface area contributed by atoms with Gasteiger partial charge in [0.15, 0.2) is 11.6 Å². The number of carbonyl (C=O) groups is 1. The number of hydrogen-bond acceptors (Lipinski definition) is 9. The molecule has 0 unspecified atom stereocenters. The number of carbonyl (C=O) groups excluding carboxylic acids is 1. The molecule has 3 N–H and O–H groups in total. The molecule has 186 valence electrons. The highest BCUT2D eigenvalue weighted by atomic mass is 16.2. The van der Waals surface area contributed by atoms with Gasteiger partial charge in [-0.1, -0.05) is 6.58 Å². The zero-order valence-corrected chi connectivity index (χ0v) is 20.5. The standard InChI is InChI=1S/C25H25N11O/c1-15(16-9-18(13-28-11-16)30-25(37)36-6-4-35(3)5-7-36)8-19-22(33-34-23(19)27-2)24-31-20-14-29-12-17(10-26)21(20)32-24/h8-9,11-14,33H,1,4-7H2,2-3H3,(H,27,34)(H,30,37)/b19-8-,24-22?. The fourth-order valence-corrected chi connectivity index (χ4v) is 4.09. The van der Waals surface area contributed by atoms with Gasteiger partial charge in [0, 0.05) is 56.4 Å². The highest BCUT2D eigenvalue weighted by Crippen LogP contribution is 2.18. The molecule has 0 atom stereocenters. The summed E-state index contributed by atoms with van der Waals surface area (Å²) < 4.78 is 0. The van der Waals surface area contributed by atoms with Crippen molar-refractivity contribution in [1.29, 1.82) is 5.26 Å². The van der Waals surface area contributed by atoms with Gasteiger partial charge in [-0.05, 0) is 24.8 Å². The van der Waals surface area contributed by atoms with Crippen molar-refractivity contribution < 1.29 is 4.79 Å². The monoisotopic (exact) mass is 495 g/mol. The molecule has 5 rings (SSSR count). The topological polar surface area (TPSA) is 151 Å². The summed E-state index contributed by atoms with van der Waals surface area (Å²) in [7, 11) is 3.80. The van der Waals surface area contributed by atoms with E-state index < -0.39 is 0 Å². The van der Waals surface area contributed by atoms with Crippen LogP contribution in [0.3, 0.4) is 0 Å². The first-order valence-electron chi connectivity index (χ1n) is 11.7. The van der Waals surface area contributed by atoms with Crippen LogP contribution in [0.2, 0.25) is 0 Å². The Morgan fingerprint density at radius 3 is 2.70 bits per heavy atom. The molecule has 0 saturated carbocycles. The number of H-pyrrole nitrogens is 1. The lowest BCUT2D eigenvalue weighted by Gasteiger charge is -2.32. The van der Waals surface area contributed by atoms with Crippen LogP contribution >= 0.6 is 0 Å². The molecule has 1 fully saturated rings. The summed E-state index contributed by atoms with van der Waals surface area (Å²) in [4.78, 5) is 34.1. The highest BCUT2D eigenvalue weighted by Gasteiger charge is 2.19. The predicted octanol–water partition coefficient (Wildman–Crippen LogP) is -0.595. The number of anilines is 2. The van der Waals surface area contributed by atoms with E-state index in [2.05, 4.69) is 58.3 Å². The summed E-state index contributed by atoms with van der Waals surface area (Å²) in [6, 6.07) is 3.77. The number of amides is 2. The van der Waals surface area contributed by atoms with Crippen molar-refractivity contribution in [3.8, 4) is 6.07 Å². The quantitative estimate of drug-likeness (QED) is 0.437. The van der Waals surface area contributed by atoms with Crippen molar-refractivity contribution in [3.05, 3.63) is 69.8 Å². The fourth-order valence-electron chi connectivity index (χ4n) is 4.09. The lowest BCUT2D eigenvalue weighted by atomic mass is 10.1. The van der Waals surface area contributed by atoms with Gasteiger partial charge >= 0.3 is 6.03 Å². The second-order valence-corrected chi connectivity index (χ2v) is 8.68. The largest absolute Gasteiger partial charge is 0.371 e. The molecule has 0 radical (unpaired) electrons. The molecule has 3 aromatic rings. The molecule has 1 saturated heterocycles. The second-order valence-electron chi connectivity index (χ2n) is 8.68. The number of piperazine rings is 1. The smallest absolute Gasteiger partial charge is 0.321 e. The van der Waals surface area contributed by atoms with Crippen LogP contribution in [-0.4, -0.2) is 76.3 Å². The third-order valence-corrected chi connectivity index (χ3v) is 6.20. The SMILES string of the molecule is C=C(/C=c1\c(NC)n[nH]c1=C1N=c2cncc(C#N)c2=N1)c1cncc(NC(=O)N2CCN(C)CC2)c1. The van der Waals surface area contributed by atoms with E-state index in [0.717, 1.165) is 18.7 Å². The molecule has 2 amide bonds. The molecule has 0 bridgehead atoms. The fraction of sp³-hybridized carbons (Fsp3) is 0.240. The Morgan fingerprint density at radius 2 is 1.95 bits per heavy atom. The van der Waals surface area contributed by atoms with Gasteiger partial charge in [0.05, 0.1) is 23.6 Å². The molecule has 2 aliphatic heterocycles. The van der Waals surface area contributed by atoms with E-state index in [4.69, 9.17) is 0 Å². The maximum Gasteiger partial charge on any atom is 0.321 e. The third kappa shape index (κ3) is 4.80. The predicted molar refractivity (Wildman–Crippen MR) is 138 cm³/mol. The highest BCUT2D eigenvalue weighted by molar-refractivity contribution is 5.92. The summed E-state index contributed by atoms with van der Waals surface area (Å²) in [5.41, 5.74) is 2.31. The number of rotatable bonds is 4. The van der Waals surface area contributed by atoms with E-state index in [0.29, 0.717) is 62.8 Å². The Balaban J connectivity index is 1.48. The van der Waals surface area contributed by atoms with Crippen LogP contribution in [0.25, 0.3) is 17.5 Å². The van der Waals surface area contributed by atoms with Gasteiger partial charge < -0.3 is 20.4 Å². The molecular weight excluding hydrogens is 470 g/mol. The van der Waals surface area contributed by atoms with Gasteiger partial charge in [0.25, 0.3) is 0 Å². The van der Waals surface area contributed by atoms with Crippen LogP contribution in [0.15, 0.2) is 47.4 Å². The van der Waals surface area contributed by atoms with Gasteiger partial charge in [-0.25, -0.2) is 14.8 Å². The first kappa shape index (κ1) is 23.8. The third-order valence-electron chi connectivity index (χ3n) is 6.20. The average molecular weight is 496 g/mol. The summed E-state index contributed by atoms with van der Waals surface area (Å²) >= 11 is 0. The molecule has 2 aliphatic rings. The number of fused-ring (bicyclic) bond motifs is 1. The molecule has 5 heterocycles. The molecule has 12 nitrogen and oxygen atoms in total. The van der Waals surface area contributed by atoms with Crippen LogP contribution in [0.4, 0.5) is 16.3 Å². The molecular formula is C25H25N11O. The number of aromatic amines is 1. The normalized spacial score (nSPS) is 16.9. The lowest BCUT2D eigenvalue weighted by molar-refractivity contribution is 0.164. The number of urea groups is 1. The molecule has 0 aromatic carbocycles. The summed E-state index contributed by atoms with van der Waals surface area (Å²) in [6.07, 6.45) is 8.17. The number of nitrogens with zero attached hydrogens (tertiary/aromatic N) is 8. The number of aromatic nitrogens is 4. The number of nitrogens with one attached hydrogen (secondary N) is 3. The number of nitriles is 1. The van der Waals surface area contributed by atoms with Crippen LogP contribution in [-0.2, 0) is 0 Å². The molecule has 0 aliphatic carbocycles. The first-order chi connectivity index (χ1) is 18.0. The van der Waals surface area contributed by atoms with E-state index in [9.17, 15) is 10.1 Å². The molecule has 12 heteroatoms. The van der Waals surface area contributed by atoms with E-state index in [1.807, 2.05) is 19.2 Å². The minimum Gasteiger partial charge on any atom is -0.371 e. The number of allylic oxidation sites excluding steroid dienone is 1. The van der Waals surface area contributed by atoms with Crippen LogP contribution in [0.1, 0.15) is 11.1 Å². The van der Waals surface area contributed by atoms with Gasteiger partial charge in [0.2, 0.25) is 0 Å². The van der Waals surface area contributed by atoms with E-state index >= 15 is 0 Å². The van der Waals surface area contributed by atoms with E-state index in [-0.39, 0.29) is 6.03 Å². The Morgan fingerprint density at radius 1 is 1.16 bits per heavy atom. The zero-order chi connectivity index (χ0) is 25.9. The van der Waals surface area contributed by atoms with Crippen molar-refractivity contribution in [2.45, 2.75) is 0 Å². The molecule has 37 heavy (non-hydrogen) atoms. The van der Waals surface area contributed by atoms with Gasteiger partial charge in [-0.2, -0.15) is 10.4 Å². The Hall–Kier alpha value is -4.89. The second kappa shape index (κ2) is 10.00. The van der Waals surface area contributed by atoms with E-state index in [1.54, 1.807) is 30.5 Å². The molecule has 0 spiro atoms. The lowest BCUT2D eigenvalue weighted by Crippen LogP contribution is -2.48. The van der Waals surface area contributed by atoms with Crippen LogP contribution in [0, 0.1) is 11.3 Å². The van der Waals surface area contributed by atoms with E-state index in [1.165, 1.54) is 6.20 Å². The number of pyridine rings is 2. The summed E-state index contributed by atoms with van der Waals surface area (Å²) in [5, 5.41) is 24.9. The van der Waals surface area contributed by atoms with Crippen LogP contribution < -0.4 is 31.9 Å². The van der Waals surface area contributed by atoms with Gasteiger partial charge in [0.1, 0.15) is 22.1 Å². The van der Waals surface area contributed by atoms with Crippen molar-refractivity contribution in [2.75, 3.05) is 50.9 Å². The molecule has 3 aromatic heterocycles. The summed E-state index contributed by atoms with van der Waals surface area (Å²) in [5.74, 6) is 0.968. The maximum atomic E-state index is 12.7. The Labute approximate surface area is 212 Å². The van der Waals surface area contributed by atoms with Crippen molar-refractivity contribution in [1.82, 2.24) is 30.0 Å². The van der Waals surface area contributed by atoms with Crippen molar-refractivity contribution >= 4 is 35.0 Å². The van der Waals surface area contributed by atoms with Crippen molar-refractivity contribution in [2.24, 2.45) is 9.98 Å². The van der Waals surface area contributed by atoms with Gasteiger partial charge in [-0.15, -0.1) is 0 Å². The minimum atomic E-state index is -0.150. The number of hydrogen-bond donors (Lipinski definition) is 3.